The summed E-state index contributed by atoms with van der Waals surface area (Å²) >= 11 is 6.07. The fourth-order valence-corrected chi connectivity index (χ4v) is 2.65. The summed E-state index contributed by atoms with van der Waals surface area (Å²) in [6.07, 6.45) is 4.64. The van der Waals surface area contributed by atoms with E-state index in [9.17, 15) is 8.42 Å². The van der Waals surface area contributed by atoms with Gasteiger partial charge in [0.1, 0.15) is 0 Å². The minimum absolute atomic E-state index is 0.341. The molecule has 1 aromatic heterocycles. The largest absolute Gasteiger partial charge is 0.381 e. The van der Waals surface area contributed by atoms with Crippen LogP contribution in [0, 0.1) is 6.92 Å². The first-order chi connectivity index (χ1) is 9.85. The Morgan fingerprint density at radius 1 is 1.29 bits per heavy atom. The highest BCUT2D eigenvalue weighted by molar-refractivity contribution is 7.92. The fraction of sp³-hybridized carbons (Fsp3) is 0.214. The van der Waals surface area contributed by atoms with Gasteiger partial charge in [-0.2, -0.15) is 0 Å². The van der Waals surface area contributed by atoms with Crippen molar-refractivity contribution in [3.8, 4) is 0 Å². The van der Waals surface area contributed by atoms with Gasteiger partial charge in [-0.15, -0.1) is 0 Å². The van der Waals surface area contributed by atoms with E-state index in [2.05, 4.69) is 15.0 Å². The second-order valence-electron chi connectivity index (χ2n) is 4.72. The lowest BCUT2D eigenvalue weighted by Gasteiger charge is -2.11. The highest BCUT2D eigenvalue weighted by atomic mass is 35.5. The molecule has 0 aliphatic rings. The van der Waals surface area contributed by atoms with Gasteiger partial charge in [0.15, 0.2) is 0 Å². The van der Waals surface area contributed by atoms with Crippen molar-refractivity contribution >= 4 is 33.0 Å². The maximum atomic E-state index is 11.2. The number of rotatable bonds is 5. The predicted molar refractivity (Wildman–Crippen MR) is 86.2 cm³/mol. The molecule has 0 amide bonds. The molecule has 7 heteroatoms. The lowest BCUT2D eigenvalue weighted by Crippen LogP contribution is -2.10. The molecule has 5 nitrogen and oxygen atoms in total. The van der Waals surface area contributed by atoms with Crippen LogP contribution >= 0.6 is 11.6 Å². The van der Waals surface area contributed by atoms with Crippen LogP contribution in [-0.2, 0) is 16.6 Å². The molecule has 0 atom stereocenters. The number of hydrogen-bond acceptors (Lipinski definition) is 4. The Balaban J connectivity index is 2.09. The number of sulfonamides is 1. The summed E-state index contributed by atoms with van der Waals surface area (Å²) in [5, 5.41) is 3.57. The topological polar surface area (TPSA) is 71.1 Å². The summed E-state index contributed by atoms with van der Waals surface area (Å²) in [5.74, 6) is 0. The number of halogens is 1. The average molecular weight is 326 g/mol. The summed E-state index contributed by atoms with van der Waals surface area (Å²) in [7, 11) is -3.34. The third kappa shape index (κ3) is 4.61. The lowest BCUT2D eigenvalue weighted by molar-refractivity contribution is 0.607. The Hall–Kier alpha value is -1.79. The smallest absolute Gasteiger partial charge is 0.229 e. The van der Waals surface area contributed by atoms with Gasteiger partial charge in [-0.25, -0.2) is 8.42 Å². The highest BCUT2D eigenvalue weighted by Gasteiger charge is 2.07. The lowest BCUT2D eigenvalue weighted by atomic mass is 10.1. The van der Waals surface area contributed by atoms with E-state index in [-0.39, 0.29) is 0 Å². The van der Waals surface area contributed by atoms with E-state index in [0.29, 0.717) is 17.3 Å². The van der Waals surface area contributed by atoms with Gasteiger partial charge in [0.25, 0.3) is 0 Å². The minimum atomic E-state index is -3.34. The Bertz CT molecular complexity index is 748. The number of aromatic nitrogens is 1. The monoisotopic (exact) mass is 325 g/mol. The second-order valence-corrected chi connectivity index (χ2v) is 6.88. The van der Waals surface area contributed by atoms with E-state index in [0.717, 1.165) is 23.1 Å². The highest BCUT2D eigenvalue weighted by Crippen LogP contribution is 2.26. The van der Waals surface area contributed by atoms with Gasteiger partial charge in [-0.1, -0.05) is 11.6 Å². The molecule has 0 saturated carbocycles. The Morgan fingerprint density at radius 3 is 2.67 bits per heavy atom. The molecule has 0 radical (unpaired) electrons. The van der Waals surface area contributed by atoms with Gasteiger partial charge in [0.05, 0.1) is 17.0 Å². The summed E-state index contributed by atoms with van der Waals surface area (Å²) in [6.45, 7) is 2.64. The van der Waals surface area contributed by atoms with Crippen LogP contribution in [0.1, 0.15) is 11.1 Å². The third-order valence-corrected chi connectivity index (χ3v) is 3.80. The number of pyridine rings is 1. The molecule has 2 aromatic rings. The molecule has 1 aromatic carbocycles. The first-order valence-electron chi connectivity index (χ1n) is 6.26. The van der Waals surface area contributed by atoms with Gasteiger partial charge in [-0.05, 0) is 42.3 Å². The van der Waals surface area contributed by atoms with Gasteiger partial charge in [0.2, 0.25) is 10.0 Å². The Labute approximate surface area is 129 Å². The maximum Gasteiger partial charge on any atom is 0.229 e. The van der Waals surface area contributed by atoms with Crippen molar-refractivity contribution in [1.82, 2.24) is 4.98 Å². The van der Waals surface area contributed by atoms with Crippen molar-refractivity contribution in [3.05, 3.63) is 52.8 Å². The van der Waals surface area contributed by atoms with E-state index in [1.165, 1.54) is 0 Å². The van der Waals surface area contributed by atoms with Gasteiger partial charge in [0, 0.05) is 24.6 Å². The zero-order valence-electron chi connectivity index (χ0n) is 11.7. The zero-order valence-corrected chi connectivity index (χ0v) is 13.3. The van der Waals surface area contributed by atoms with Crippen molar-refractivity contribution in [1.29, 1.82) is 0 Å². The number of nitrogens with zero attached hydrogens (tertiary/aromatic N) is 1. The number of aryl methyl sites for hydroxylation is 1. The fourth-order valence-electron chi connectivity index (χ4n) is 1.79. The van der Waals surface area contributed by atoms with Crippen LogP contribution in [0.15, 0.2) is 36.7 Å². The van der Waals surface area contributed by atoms with Gasteiger partial charge < -0.3 is 5.32 Å². The van der Waals surface area contributed by atoms with Crippen molar-refractivity contribution in [2.45, 2.75) is 13.5 Å². The molecule has 112 valence electrons. The molecule has 0 spiro atoms. The van der Waals surface area contributed by atoms with Crippen LogP contribution < -0.4 is 10.0 Å². The van der Waals surface area contributed by atoms with Gasteiger partial charge in [-0.3, -0.25) is 9.71 Å². The van der Waals surface area contributed by atoms with Crippen LogP contribution in [0.25, 0.3) is 0 Å². The van der Waals surface area contributed by atoms with E-state index in [1.54, 1.807) is 24.4 Å². The molecule has 2 N–H and O–H groups in total. The summed E-state index contributed by atoms with van der Waals surface area (Å²) in [6, 6.07) is 7.02. The van der Waals surface area contributed by atoms with E-state index in [4.69, 9.17) is 11.6 Å². The molecule has 0 fully saturated rings. The quantitative estimate of drug-likeness (QED) is 0.886. The van der Waals surface area contributed by atoms with Crippen LogP contribution in [0.4, 0.5) is 11.4 Å². The van der Waals surface area contributed by atoms with Crippen molar-refractivity contribution in [2.24, 2.45) is 0 Å². The standard InChI is InChI=1S/C14H16ClN3O2S/c1-10-5-6-16-8-11(10)9-17-12-3-4-14(13(15)7-12)18-21(2,19)20/h3-8,17-18H,9H2,1-2H3. The summed E-state index contributed by atoms with van der Waals surface area (Å²) in [4.78, 5) is 4.09. The summed E-state index contributed by atoms with van der Waals surface area (Å²) in [5.41, 5.74) is 3.41. The predicted octanol–water partition coefficient (Wildman–Crippen LogP) is 3.03. The van der Waals surface area contributed by atoms with Crippen molar-refractivity contribution in [2.75, 3.05) is 16.3 Å². The molecule has 0 bridgehead atoms. The first-order valence-corrected chi connectivity index (χ1v) is 8.53. The van der Waals surface area contributed by atoms with Crippen LogP contribution in [0.5, 0.6) is 0 Å². The minimum Gasteiger partial charge on any atom is -0.381 e. The van der Waals surface area contributed by atoms with Crippen LogP contribution in [-0.4, -0.2) is 19.7 Å². The number of hydrogen-bond donors (Lipinski definition) is 2. The zero-order chi connectivity index (χ0) is 15.5. The second kappa shape index (κ2) is 6.32. The van der Waals surface area contributed by atoms with E-state index in [1.807, 2.05) is 19.2 Å². The molecule has 0 unspecified atom stereocenters. The number of nitrogens with one attached hydrogen (secondary N) is 2. The SMILES string of the molecule is Cc1ccncc1CNc1ccc(NS(C)(=O)=O)c(Cl)c1. The molecule has 2 rings (SSSR count). The number of anilines is 2. The first kappa shape index (κ1) is 15.6. The van der Waals surface area contributed by atoms with Crippen LogP contribution in [0.2, 0.25) is 5.02 Å². The van der Waals surface area contributed by atoms with Gasteiger partial charge >= 0.3 is 0 Å². The van der Waals surface area contributed by atoms with Crippen molar-refractivity contribution in [3.63, 3.8) is 0 Å². The number of benzene rings is 1. The Kier molecular flexibility index (Phi) is 4.69. The Morgan fingerprint density at radius 2 is 2.05 bits per heavy atom. The third-order valence-electron chi connectivity index (χ3n) is 2.89. The molecule has 21 heavy (non-hydrogen) atoms. The normalized spacial score (nSPS) is 11.2. The average Bonchev–Trinajstić information content (AvgIpc) is 2.39. The summed E-state index contributed by atoms with van der Waals surface area (Å²) < 4.78 is 24.7. The molecular formula is C14H16ClN3O2S. The van der Waals surface area contributed by atoms with Crippen molar-refractivity contribution < 1.29 is 8.42 Å². The molecule has 1 heterocycles. The van der Waals surface area contributed by atoms with E-state index >= 15 is 0 Å². The molecule has 0 aliphatic heterocycles. The molecule has 0 saturated heterocycles. The molecular weight excluding hydrogens is 310 g/mol. The van der Waals surface area contributed by atoms with E-state index < -0.39 is 10.0 Å². The molecule has 0 aliphatic carbocycles. The maximum absolute atomic E-state index is 11.2. The van der Waals surface area contributed by atoms with Crippen LogP contribution in [0.3, 0.4) is 0 Å².